The van der Waals surface area contributed by atoms with Crippen molar-refractivity contribution in [2.45, 2.75) is 59.0 Å². The Bertz CT molecular complexity index is 1090. The Morgan fingerprint density at radius 1 is 1.20 bits per heavy atom. The van der Waals surface area contributed by atoms with E-state index < -0.39 is 0 Å². The number of ether oxygens (including phenoxy) is 1. The third kappa shape index (κ3) is 8.55. The normalized spacial score (nSPS) is 19.4. The molecule has 2 atom stereocenters. The number of nitrogens with zero attached hydrogens (tertiary/aromatic N) is 4. The standard InChI is InChI=1S/C28H42N6O4.2ClH/c1-19(2)18-34(21-13-20(14-29-15-21)25(35)33-8-11-37-12-9-33)26(36)23-17-31-27(28(3,4)5)32-24(23)30-16-22-7-6-10-38-22;;/h6-7,10,17,19-21,29H,8-9,11-16,18H2,1-5H3,(H,30,31,32);2*1H/t20-,21-;;/m0../s1. The number of anilines is 1. The van der Waals surface area contributed by atoms with Crippen LogP contribution in [0.25, 0.3) is 0 Å². The number of piperidine rings is 1. The summed E-state index contributed by atoms with van der Waals surface area (Å²) in [5.41, 5.74) is 0.146. The van der Waals surface area contributed by atoms with Crippen molar-refractivity contribution in [3.8, 4) is 0 Å². The van der Waals surface area contributed by atoms with E-state index in [1.54, 1.807) is 12.5 Å². The Morgan fingerprint density at radius 3 is 2.55 bits per heavy atom. The van der Waals surface area contributed by atoms with Gasteiger partial charge in [0.25, 0.3) is 5.91 Å². The molecule has 0 unspecified atom stereocenters. The summed E-state index contributed by atoms with van der Waals surface area (Å²) in [7, 11) is 0. The van der Waals surface area contributed by atoms with E-state index in [1.165, 1.54) is 0 Å². The summed E-state index contributed by atoms with van der Waals surface area (Å²) in [6, 6.07) is 3.59. The van der Waals surface area contributed by atoms with Gasteiger partial charge in [-0.15, -0.1) is 24.8 Å². The van der Waals surface area contributed by atoms with Gasteiger partial charge in [-0.1, -0.05) is 34.6 Å². The fraction of sp³-hybridized carbons (Fsp3) is 0.643. The van der Waals surface area contributed by atoms with Gasteiger partial charge in [0.1, 0.15) is 23.0 Å². The van der Waals surface area contributed by atoms with Crippen LogP contribution >= 0.6 is 24.8 Å². The lowest BCUT2D eigenvalue weighted by molar-refractivity contribution is -0.140. The van der Waals surface area contributed by atoms with E-state index in [0.717, 1.165) is 5.76 Å². The first-order valence-electron chi connectivity index (χ1n) is 13.7. The first-order chi connectivity index (χ1) is 18.1. The predicted molar refractivity (Wildman–Crippen MR) is 159 cm³/mol. The predicted octanol–water partition coefficient (Wildman–Crippen LogP) is 3.76. The largest absolute Gasteiger partial charge is 0.467 e. The molecule has 4 rings (SSSR count). The number of rotatable bonds is 8. The molecule has 0 saturated carbocycles. The highest BCUT2D eigenvalue weighted by Crippen LogP contribution is 2.26. The van der Waals surface area contributed by atoms with Crippen molar-refractivity contribution in [2.75, 3.05) is 51.3 Å². The van der Waals surface area contributed by atoms with Crippen molar-refractivity contribution in [1.82, 2.24) is 25.1 Å². The summed E-state index contributed by atoms with van der Waals surface area (Å²) in [4.78, 5) is 40.5. The van der Waals surface area contributed by atoms with E-state index in [9.17, 15) is 9.59 Å². The number of morpholine rings is 1. The van der Waals surface area contributed by atoms with Crippen LogP contribution in [-0.4, -0.2) is 83.6 Å². The molecular formula is C28H44Cl2N6O4. The van der Waals surface area contributed by atoms with Crippen LogP contribution in [0.4, 0.5) is 5.82 Å². The molecular weight excluding hydrogens is 555 g/mol. The van der Waals surface area contributed by atoms with Crippen molar-refractivity contribution in [1.29, 1.82) is 0 Å². The molecule has 10 nitrogen and oxygen atoms in total. The first kappa shape index (κ1) is 33.8. The molecule has 2 saturated heterocycles. The minimum absolute atomic E-state index is 0. The van der Waals surface area contributed by atoms with Crippen LogP contribution in [0.2, 0.25) is 0 Å². The molecule has 224 valence electrons. The monoisotopic (exact) mass is 598 g/mol. The second-order valence-corrected chi connectivity index (χ2v) is 11.7. The van der Waals surface area contributed by atoms with E-state index in [-0.39, 0.29) is 59.9 Å². The topological polar surface area (TPSA) is 113 Å². The number of hydrogen-bond donors (Lipinski definition) is 2. The minimum Gasteiger partial charge on any atom is -0.467 e. The third-order valence-corrected chi connectivity index (χ3v) is 6.96. The van der Waals surface area contributed by atoms with Crippen LogP contribution in [0.1, 0.15) is 63.0 Å². The molecule has 2 aromatic heterocycles. The molecule has 2 amide bonds. The molecule has 12 heteroatoms. The molecule has 0 aromatic carbocycles. The van der Waals surface area contributed by atoms with Gasteiger partial charge >= 0.3 is 0 Å². The Labute approximate surface area is 249 Å². The highest BCUT2D eigenvalue weighted by atomic mass is 35.5. The number of amides is 2. The zero-order valence-electron chi connectivity index (χ0n) is 24.1. The Hall–Kier alpha value is -2.40. The maximum absolute atomic E-state index is 14.1. The van der Waals surface area contributed by atoms with Gasteiger partial charge < -0.3 is 29.6 Å². The zero-order valence-corrected chi connectivity index (χ0v) is 25.8. The zero-order chi connectivity index (χ0) is 27.3. The summed E-state index contributed by atoms with van der Waals surface area (Å²) >= 11 is 0. The molecule has 0 aliphatic carbocycles. The van der Waals surface area contributed by atoms with E-state index >= 15 is 0 Å². The van der Waals surface area contributed by atoms with Gasteiger partial charge in [-0.2, -0.15) is 0 Å². The summed E-state index contributed by atoms with van der Waals surface area (Å²) in [6.45, 7) is 15.0. The lowest BCUT2D eigenvalue weighted by Gasteiger charge is -2.40. The number of furan rings is 1. The Morgan fingerprint density at radius 2 is 1.93 bits per heavy atom. The van der Waals surface area contributed by atoms with Crippen LogP contribution in [-0.2, 0) is 21.5 Å². The van der Waals surface area contributed by atoms with Crippen LogP contribution in [0.15, 0.2) is 29.0 Å². The number of carbonyl (C=O) groups is 2. The number of aromatic nitrogens is 2. The third-order valence-electron chi connectivity index (χ3n) is 6.96. The van der Waals surface area contributed by atoms with Crippen molar-refractivity contribution in [2.24, 2.45) is 11.8 Å². The van der Waals surface area contributed by atoms with Gasteiger partial charge in [0, 0.05) is 50.4 Å². The van der Waals surface area contributed by atoms with E-state index in [0.29, 0.717) is 76.1 Å². The van der Waals surface area contributed by atoms with Crippen molar-refractivity contribution in [3.63, 3.8) is 0 Å². The average Bonchev–Trinajstić information content (AvgIpc) is 3.43. The van der Waals surface area contributed by atoms with Gasteiger partial charge in [0.2, 0.25) is 5.91 Å². The molecule has 2 fully saturated rings. The first-order valence-corrected chi connectivity index (χ1v) is 13.7. The number of hydrogen-bond acceptors (Lipinski definition) is 8. The van der Waals surface area contributed by atoms with Crippen LogP contribution in [0.3, 0.4) is 0 Å². The second kappa shape index (κ2) is 15.0. The lowest BCUT2D eigenvalue weighted by Crippen LogP contribution is -2.56. The molecule has 0 radical (unpaired) electrons. The highest BCUT2D eigenvalue weighted by molar-refractivity contribution is 5.98. The number of nitrogens with one attached hydrogen (secondary N) is 2. The summed E-state index contributed by atoms with van der Waals surface area (Å²) in [5, 5.41) is 6.73. The van der Waals surface area contributed by atoms with E-state index in [4.69, 9.17) is 14.1 Å². The minimum atomic E-state index is -0.277. The van der Waals surface area contributed by atoms with E-state index in [1.807, 2.05) is 42.7 Å². The maximum atomic E-state index is 14.1. The lowest BCUT2D eigenvalue weighted by atomic mass is 9.92. The highest BCUT2D eigenvalue weighted by Gasteiger charge is 2.36. The van der Waals surface area contributed by atoms with Crippen LogP contribution in [0, 0.1) is 11.8 Å². The van der Waals surface area contributed by atoms with Gasteiger partial charge in [-0.3, -0.25) is 9.59 Å². The van der Waals surface area contributed by atoms with Gasteiger partial charge in [0.05, 0.1) is 31.9 Å². The van der Waals surface area contributed by atoms with Gasteiger partial charge in [0.15, 0.2) is 0 Å². The van der Waals surface area contributed by atoms with E-state index in [2.05, 4.69) is 29.5 Å². The van der Waals surface area contributed by atoms with Crippen molar-refractivity contribution >= 4 is 42.4 Å². The fourth-order valence-electron chi connectivity index (χ4n) is 4.95. The quantitative estimate of drug-likeness (QED) is 0.472. The average molecular weight is 600 g/mol. The Kier molecular flexibility index (Phi) is 12.7. The molecule has 2 aromatic rings. The molecule has 2 aliphatic heterocycles. The maximum Gasteiger partial charge on any atom is 0.259 e. The molecule has 40 heavy (non-hydrogen) atoms. The van der Waals surface area contributed by atoms with Crippen LogP contribution < -0.4 is 10.6 Å². The summed E-state index contributed by atoms with van der Waals surface area (Å²) in [5.74, 6) is 1.98. The molecule has 0 bridgehead atoms. The molecule has 2 aliphatic rings. The van der Waals surface area contributed by atoms with Crippen molar-refractivity contribution in [3.05, 3.63) is 41.7 Å². The van der Waals surface area contributed by atoms with Crippen LogP contribution in [0.5, 0.6) is 0 Å². The Balaban J connectivity index is 0.00000280. The smallest absolute Gasteiger partial charge is 0.259 e. The second-order valence-electron chi connectivity index (χ2n) is 11.7. The van der Waals surface area contributed by atoms with Gasteiger partial charge in [-0.05, 0) is 24.5 Å². The van der Waals surface area contributed by atoms with Crippen molar-refractivity contribution < 1.29 is 18.7 Å². The summed E-state index contributed by atoms with van der Waals surface area (Å²) < 4.78 is 10.9. The molecule has 4 heterocycles. The number of carbonyl (C=O) groups excluding carboxylic acids is 2. The molecule has 0 spiro atoms. The summed E-state index contributed by atoms with van der Waals surface area (Å²) in [6.07, 6.45) is 3.89. The fourth-order valence-corrected chi connectivity index (χ4v) is 4.95. The SMILES string of the molecule is CC(C)CN(C(=O)c1cnc(C(C)(C)C)nc1NCc1ccco1)[C@@H]1CNC[C@@H](C(=O)N2CCOCC2)C1.Cl.Cl. The molecule has 2 N–H and O–H groups in total. The van der Waals surface area contributed by atoms with Gasteiger partial charge in [-0.25, -0.2) is 9.97 Å². The number of halogens is 2.